The van der Waals surface area contributed by atoms with E-state index in [9.17, 15) is 15.3 Å². The van der Waals surface area contributed by atoms with Crippen LogP contribution in [0, 0.1) is 0 Å². The molecule has 1 rings (SSSR count). The van der Waals surface area contributed by atoms with Crippen molar-refractivity contribution in [2.75, 3.05) is 6.61 Å². The Morgan fingerprint density at radius 1 is 1.50 bits per heavy atom. The van der Waals surface area contributed by atoms with Gasteiger partial charge in [-0.05, 0) is 13.3 Å². The molecule has 1 saturated heterocycles. The summed E-state index contributed by atoms with van der Waals surface area (Å²) in [5.74, 6) is 0. The third kappa shape index (κ3) is 1.35. The molecule has 1 aliphatic heterocycles. The maximum absolute atomic E-state index is 9.85. The Morgan fingerprint density at radius 3 is 2.50 bits per heavy atom. The molecule has 72 valence electrons. The fourth-order valence-corrected chi connectivity index (χ4v) is 1.55. The molecule has 4 heteroatoms. The summed E-state index contributed by atoms with van der Waals surface area (Å²) in [7, 11) is 0. The van der Waals surface area contributed by atoms with Crippen LogP contribution in [-0.2, 0) is 4.74 Å². The lowest BCUT2D eigenvalue weighted by Crippen LogP contribution is -2.61. The van der Waals surface area contributed by atoms with Gasteiger partial charge in [0, 0.05) is 0 Å². The van der Waals surface area contributed by atoms with E-state index in [4.69, 9.17) is 4.74 Å². The fourth-order valence-electron chi connectivity index (χ4n) is 1.55. The molecule has 12 heavy (non-hydrogen) atoms. The molecule has 1 heterocycles. The van der Waals surface area contributed by atoms with Gasteiger partial charge in [-0.3, -0.25) is 0 Å². The van der Waals surface area contributed by atoms with Crippen LogP contribution in [0.5, 0.6) is 0 Å². The van der Waals surface area contributed by atoms with Crippen LogP contribution in [-0.4, -0.2) is 45.8 Å². The Kier molecular flexibility index (Phi) is 2.73. The SMILES string of the molecule is CC[C@@]1(O)C(C)OCC(O)C1O. The van der Waals surface area contributed by atoms with Gasteiger partial charge in [-0.15, -0.1) is 0 Å². The zero-order valence-corrected chi connectivity index (χ0v) is 7.40. The van der Waals surface area contributed by atoms with Gasteiger partial charge < -0.3 is 20.1 Å². The lowest BCUT2D eigenvalue weighted by atomic mass is 9.83. The highest BCUT2D eigenvalue weighted by molar-refractivity contribution is 4.97. The first-order valence-corrected chi connectivity index (χ1v) is 4.22. The van der Waals surface area contributed by atoms with Crippen LogP contribution in [0.4, 0.5) is 0 Å². The molecule has 0 amide bonds. The second-order valence-corrected chi connectivity index (χ2v) is 3.33. The highest BCUT2D eigenvalue weighted by Crippen LogP contribution is 2.28. The predicted molar refractivity (Wildman–Crippen MR) is 42.7 cm³/mol. The van der Waals surface area contributed by atoms with Gasteiger partial charge in [0.2, 0.25) is 0 Å². The van der Waals surface area contributed by atoms with Crippen LogP contribution in [0.3, 0.4) is 0 Å². The number of hydrogen-bond donors (Lipinski definition) is 3. The first kappa shape index (κ1) is 9.92. The number of hydrogen-bond acceptors (Lipinski definition) is 4. The van der Waals surface area contributed by atoms with Crippen LogP contribution in [0.1, 0.15) is 20.3 Å². The minimum atomic E-state index is -1.31. The molecule has 3 N–H and O–H groups in total. The van der Waals surface area contributed by atoms with E-state index < -0.39 is 23.9 Å². The van der Waals surface area contributed by atoms with Gasteiger partial charge in [0.15, 0.2) is 0 Å². The largest absolute Gasteiger partial charge is 0.388 e. The van der Waals surface area contributed by atoms with E-state index >= 15 is 0 Å². The van der Waals surface area contributed by atoms with Crippen molar-refractivity contribution >= 4 is 0 Å². The monoisotopic (exact) mass is 176 g/mol. The Morgan fingerprint density at radius 2 is 2.08 bits per heavy atom. The predicted octanol–water partition coefficient (Wildman–Crippen LogP) is -0.732. The third-order valence-electron chi connectivity index (χ3n) is 2.66. The van der Waals surface area contributed by atoms with E-state index in [0.29, 0.717) is 6.42 Å². The van der Waals surface area contributed by atoms with Crippen LogP contribution in [0.15, 0.2) is 0 Å². The molecule has 0 radical (unpaired) electrons. The first-order chi connectivity index (χ1) is 5.52. The smallest absolute Gasteiger partial charge is 0.119 e. The summed E-state index contributed by atoms with van der Waals surface area (Å²) >= 11 is 0. The Labute approximate surface area is 71.8 Å². The molecular formula is C8H16O4. The Balaban J connectivity index is 2.78. The maximum atomic E-state index is 9.85. The van der Waals surface area contributed by atoms with Crippen molar-refractivity contribution in [3.05, 3.63) is 0 Å². The fraction of sp³-hybridized carbons (Fsp3) is 1.00. The molecule has 4 nitrogen and oxygen atoms in total. The quantitative estimate of drug-likeness (QED) is 0.492. The molecule has 0 aromatic rings. The van der Waals surface area contributed by atoms with Gasteiger partial charge in [-0.1, -0.05) is 6.92 Å². The molecule has 4 atom stereocenters. The molecule has 0 aromatic carbocycles. The lowest BCUT2D eigenvalue weighted by molar-refractivity contribution is -0.238. The molecule has 0 spiro atoms. The molecule has 3 unspecified atom stereocenters. The van der Waals surface area contributed by atoms with Crippen molar-refractivity contribution in [1.82, 2.24) is 0 Å². The summed E-state index contributed by atoms with van der Waals surface area (Å²) in [6.45, 7) is 3.53. The van der Waals surface area contributed by atoms with Gasteiger partial charge in [0.1, 0.15) is 17.8 Å². The minimum absolute atomic E-state index is 0.0879. The zero-order chi connectivity index (χ0) is 9.35. The highest BCUT2D eigenvalue weighted by Gasteiger charge is 2.47. The molecule has 1 aliphatic rings. The van der Waals surface area contributed by atoms with E-state index in [2.05, 4.69) is 0 Å². The second kappa shape index (κ2) is 3.30. The summed E-state index contributed by atoms with van der Waals surface area (Å²) in [6.07, 6.45) is -2.15. The van der Waals surface area contributed by atoms with Gasteiger partial charge >= 0.3 is 0 Å². The number of aliphatic hydroxyl groups is 3. The Hall–Kier alpha value is -0.160. The molecule has 0 bridgehead atoms. The second-order valence-electron chi connectivity index (χ2n) is 3.33. The lowest BCUT2D eigenvalue weighted by Gasteiger charge is -2.43. The van der Waals surface area contributed by atoms with Crippen molar-refractivity contribution in [3.8, 4) is 0 Å². The molecule has 1 fully saturated rings. The standard InChI is InChI=1S/C8H16O4/c1-3-8(11)5(2)12-4-6(9)7(8)10/h5-7,9-11H,3-4H2,1-2H3/t5?,6?,7?,8-/m1/s1. The van der Waals surface area contributed by atoms with E-state index in [0.717, 1.165) is 0 Å². The van der Waals surface area contributed by atoms with Crippen LogP contribution in [0.2, 0.25) is 0 Å². The van der Waals surface area contributed by atoms with E-state index in [-0.39, 0.29) is 6.61 Å². The van der Waals surface area contributed by atoms with Crippen molar-refractivity contribution in [3.63, 3.8) is 0 Å². The normalized spacial score (nSPS) is 49.2. The van der Waals surface area contributed by atoms with Crippen LogP contribution < -0.4 is 0 Å². The van der Waals surface area contributed by atoms with E-state index in [1.54, 1.807) is 13.8 Å². The van der Waals surface area contributed by atoms with E-state index in [1.165, 1.54) is 0 Å². The summed E-state index contributed by atoms with van der Waals surface area (Å²) in [4.78, 5) is 0. The van der Waals surface area contributed by atoms with Crippen LogP contribution >= 0.6 is 0 Å². The first-order valence-electron chi connectivity index (χ1n) is 4.22. The van der Waals surface area contributed by atoms with Gasteiger partial charge in [0.05, 0.1) is 12.7 Å². The highest BCUT2D eigenvalue weighted by atomic mass is 16.5. The van der Waals surface area contributed by atoms with Crippen molar-refractivity contribution in [2.24, 2.45) is 0 Å². The van der Waals surface area contributed by atoms with Crippen LogP contribution in [0.25, 0.3) is 0 Å². The minimum Gasteiger partial charge on any atom is -0.388 e. The topological polar surface area (TPSA) is 69.9 Å². The summed E-state index contributed by atoms with van der Waals surface area (Å²) in [5.41, 5.74) is -1.31. The van der Waals surface area contributed by atoms with Gasteiger partial charge in [-0.25, -0.2) is 0 Å². The molecule has 0 saturated carbocycles. The summed E-state index contributed by atoms with van der Waals surface area (Å²) in [5, 5.41) is 28.6. The molecule has 0 aliphatic carbocycles. The molecule has 0 aromatic heterocycles. The number of ether oxygens (including phenoxy) is 1. The summed E-state index contributed by atoms with van der Waals surface area (Å²) < 4.78 is 5.11. The zero-order valence-electron chi connectivity index (χ0n) is 7.40. The average molecular weight is 176 g/mol. The Bertz CT molecular complexity index is 161. The van der Waals surface area contributed by atoms with Crippen molar-refractivity contribution in [1.29, 1.82) is 0 Å². The van der Waals surface area contributed by atoms with Crippen molar-refractivity contribution in [2.45, 2.75) is 44.2 Å². The van der Waals surface area contributed by atoms with Crippen molar-refractivity contribution < 1.29 is 20.1 Å². The van der Waals surface area contributed by atoms with Gasteiger partial charge in [-0.2, -0.15) is 0 Å². The maximum Gasteiger partial charge on any atom is 0.119 e. The number of aliphatic hydroxyl groups excluding tert-OH is 2. The number of rotatable bonds is 1. The van der Waals surface area contributed by atoms with Gasteiger partial charge in [0.25, 0.3) is 0 Å². The van der Waals surface area contributed by atoms with E-state index in [1.807, 2.05) is 0 Å². The third-order valence-corrected chi connectivity index (χ3v) is 2.66. The molecular weight excluding hydrogens is 160 g/mol. The summed E-state index contributed by atoms with van der Waals surface area (Å²) in [6, 6.07) is 0. The average Bonchev–Trinajstić information content (AvgIpc) is 2.08.